The van der Waals surface area contributed by atoms with Crippen molar-refractivity contribution in [1.29, 1.82) is 0 Å². The van der Waals surface area contributed by atoms with Gasteiger partial charge >= 0.3 is 0 Å². The van der Waals surface area contributed by atoms with E-state index in [1.165, 1.54) is 5.56 Å². The van der Waals surface area contributed by atoms with Crippen LogP contribution < -0.4 is 10.2 Å². The normalized spacial score (nSPS) is 18.6. The van der Waals surface area contributed by atoms with Gasteiger partial charge in [-0.25, -0.2) is 0 Å². The van der Waals surface area contributed by atoms with Gasteiger partial charge in [0.05, 0.1) is 5.69 Å². The lowest BCUT2D eigenvalue weighted by Crippen LogP contribution is -2.36. The standard InChI is InChI=1S/C15H22N2O/c1-5-16-13-12-8-6-7-11(4)14(12)17(15(13)18)9-10(2)3/h6-8,10,13,16H,5,9H2,1-4H3. The first-order valence-electron chi connectivity index (χ1n) is 6.70. The second kappa shape index (κ2) is 5.11. The number of amides is 1. The van der Waals surface area contributed by atoms with Crippen LogP contribution in [0.2, 0.25) is 0 Å². The fourth-order valence-electron chi connectivity index (χ4n) is 2.63. The molecule has 1 amide bonds. The molecule has 1 aromatic rings. The average molecular weight is 246 g/mol. The van der Waals surface area contributed by atoms with E-state index in [-0.39, 0.29) is 11.9 Å². The van der Waals surface area contributed by atoms with E-state index >= 15 is 0 Å². The maximum absolute atomic E-state index is 12.5. The number of rotatable bonds is 4. The van der Waals surface area contributed by atoms with Crippen molar-refractivity contribution in [2.75, 3.05) is 18.0 Å². The molecule has 0 radical (unpaired) electrons. The largest absolute Gasteiger partial charge is 0.310 e. The van der Waals surface area contributed by atoms with Crippen LogP contribution in [0, 0.1) is 12.8 Å². The van der Waals surface area contributed by atoms with E-state index in [1.807, 2.05) is 17.9 Å². The third kappa shape index (κ3) is 2.15. The first-order chi connectivity index (χ1) is 8.56. The number of likely N-dealkylation sites (N-methyl/N-ethyl adjacent to an activating group) is 1. The molecule has 0 bridgehead atoms. The molecule has 1 aromatic carbocycles. The molecule has 1 aliphatic heterocycles. The van der Waals surface area contributed by atoms with Crippen molar-refractivity contribution in [2.45, 2.75) is 33.7 Å². The number of nitrogens with zero attached hydrogens (tertiary/aromatic N) is 1. The Labute approximate surface area is 109 Å². The first-order valence-corrected chi connectivity index (χ1v) is 6.70. The monoisotopic (exact) mass is 246 g/mol. The van der Waals surface area contributed by atoms with Crippen molar-refractivity contribution in [2.24, 2.45) is 5.92 Å². The molecular formula is C15H22N2O. The van der Waals surface area contributed by atoms with Gasteiger partial charge in [-0.2, -0.15) is 0 Å². The Morgan fingerprint density at radius 1 is 1.39 bits per heavy atom. The maximum atomic E-state index is 12.5. The number of fused-ring (bicyclic) bond motifs is 1. The Bertz CT molecular complexity index is 454. The molecule has 1 N–H and O–H groups in total. The molecule has 0 aromatic heterocycles. The summed E-state index contributed by atoms with van der Waals surface area (Å²) >= 11 is 0. The van der Waals surface area contributed by atoms with Crippen LogP contribution in [-0.2, 0) is 4.79 Å². The van der Waals surface area contributed by atoms with E-state index in [0.717, 1.165) is 24.3 Å². The van der Waals surface area contributed by atoms with E-state index in [4.69, 9.17) is 0 Å². The highest BCUT2D eigenvalue weighted by atomic mass is 16.2. The predicted octanol–water partition coefficient (Wildman–Crippen LogP) is 2.65. The second-order valence-electron chi connectivity index (χ2n) is 5.35. The molecule has 2 rings (SSSR count). The molecule has 3 nitrogen and oxygen atoms in total. The van der Waals surface area contributed by atoms with Crippen LogP contribution in [0.1, 0.15) is 37.9 Å². The Hall–Kier alpha value is -1.35. The number of hydrogen-bond donors (Lipinski definition) is 1. The highest BCUT2D eigenvalue weighted by Gasteiger charge is 2.37. The lowest BCUT2D eigenvalue weighted by Gasteiger charge is -2.21. The van der Waals surface area contributed by atoms with E-state index in [0.29, 0.717) is 5.92 Å². The minimum absolute atomic E-state index is 0.163. The molecule has 0 saturated carbocycles. The molecule has 18 heavy (non-hydrogen) atoms. The number of nitrogens with one attached hydrogen (secondary N) is 1. The smallest absolute Gasteiger partial charge is 0.248 e. The molecule has 98 valence electrons. The Morgan fingerprint density at radius 3 is 2.72 bits per heavy atom. The molecular weight excluding hydrogens is 224 g/mol. The SMILES string of the molecule is CCNC1C(=O)N(CC(C)C)c2c(C)cccc21. The summed E-state index contributed by atoms with van der Waals surface area (Å²) in [7, 11) is 0. The van der Waals surface area contributed by atoms with Crippen molar-refractivity contribution < 1.29 is 4.79 Å². The number of hydrogen-bond acceptors (Lipinski definition) is 2. The number of para-hydroxylation sites is 1. The van der Waals surface area contributed by atoms with Gasteiger partial charge in [0, 0.05) is 12.1 Å². The number of carbonyl (C=O) groups is 1. The highest BCUT2D eigenvalue weighted by molar-refractivity contribution is 6.05. The molecule has 1 unspecified atom stereocenters. The summed E-state index contributed by atoms with van der Waals surface area (Å²) in [5.41, 5.74) is 3.42. The predicted molar refractivity (Wildman–Crippen MR) is 74.8 cm³/mol. The van der Waals surface area contributed by atoms with Crippen LogP contribution in [0.4, 0.5) is 5.69 Å². The lowest BCUT2D eigenvalue weighted by molar-refractivity contribution is -0.120. The molecule has 0 aliphatic carbocycles. The van der Waals surface area contributed by atoms with E-state index in [2.05, 4.69) is 38.2 Å². The lowest BCUT2D eigenvalue weighted by atomic mass is 10.1. The summed E-state index contributed by atoms with van der Waals surface area (Å²) < 4.78 is 0. The van der Waals surface area contributed by atoms with Crippen molar-refractivity contribution in [1.82, 2.24) is 5.32 Å². The first kappa shape index (κ1) is 13.1. The van der Waals surface area contributed by atoms with Crippen LogP contribution in [0.5, 0.6) is 0 Å². The number of benzene rings is 1. The van der Waals surface area contributed by atoms with Gasteiger partial charge in [0.1, 0.15) is 6.04 Å². The van der Waals surface area contributed by atoms with Gasteiger partial charge < -0.3 is 10.2 Å². The van der Waals surface area contributed by atoms with Crippen LogP contribution in [0.15, 0.2) is 18.2 Å². The van der Waals surface area contributed by atoms with E-state index in [1.54, 1.807) is 0 Å². The van der Waals surface area contributed by atoms with E-state index < -0.39 is 0 Å². The quantitative estimate of drug-likeness (QED) is 0.885. The van der Waals surface area contributed by atoms with Crippen LogP contribution in [0.3, 0.4) is 0 Å². The summed E-state index contributed by atoms with van der Waals surface area (Å²) in [6, 6.07) is 6.01. The molecule has 0 fully saturated rings. The maximum Gasteiger partial charge on any atom is 0.248 e. The van der Waals surface area contributed by atoms with Gasteiger partial charge in [-0.3, -0.25) is 4.79 Å². The van der Waals surface area contributed by atoms with Crippen LogP contribution in [0.25, 0.3) is 0 Å². The zero-order valence-electron chi connectivity index (χ0n) is 11.7. The molecule has 1 heterocycles. The van der Waals surface area contributed by atoms with Gasteiger partial charge in [0.2, 0.25) is 5.91 Å². The Morgan fingerprint density at radius 2 is 2.11 bits per heavy atom. The fraction of sp³-hybridized carbons (Fsp3) is 0.533. The summed E-state index contributed by atoms with van der Waals surface area (Å²) in [4.78, 5) is 14.5. The molecule has 0 spiro atoms. The van der Waals surface area contributed by atoms with Crippen molar-refractivity contribution in [3.8, 4) is 0 Å². The summed E-state index contributed by atoms with van der Waals surface area (Å²) in [6.45, 7) is 10.00. The van der Waals surface area contributed by atoms with Crippen molar-refractivity contribution >= 4 is 11.6 Å². The van der Waals surface area contributed by atoms with E-state index in [9.17, 15) is 4.79 Å². The third-order valence-corrected chi connectivity index (χ3v) is 3.32. The Kier molecular flexibility index (Phi) is 3.71. The third-order valence-electron chi connectivity index (χ3n) is 3.32. The molecule has 1 aliphatic rings. The van der Waals surface area contributed by atoms with Gasteiger partial charge in [0.25, 0.3) is 0 Å². The molecule has 0 saturated heterocycles. The summed E-state index contributed by atoms with van der Waals surface area (Å²) in [5.74, 6) is 0.664. The van der Waals surface area contributed by atoms with Gasteiger partial charge in [-0.05, 0) is 24.9 Å². The minimum atomic E-state index is -0.163. The van der Waals surface area contributed by atoms with Crippen LogP contribution in [-0.4, -0.2) is 19.0 Å². The fourth-order valence-corrected chi connectivity index (χ4v) is 2.63. The van der Waals surface area contributed by atoms with Crippen molar-refractivity contribution in [3.63, 3.8) is 0 Å². The topological polar surface area (TPSA) is 32.3 Å². The highest BCUT2D eigenvalue weighted by Crippen LogP contribution is 2.38. The summed E-state index contributed by atoms with van der Waals surface area (Å²) in [6.07, 6.45) is 0. The molecule has 1 atom stereocenters. The zero-order valence-corrected chi connectivity index (χ0v) is 11.7. The average Bonchev–Trinajstić information content (AvgIpc) is 2.56. The second-order valence-corrected chi connectivity index (χ2v) is 5.35. The number of carbonyl (C=O) groups excluding carboxylic acids is 1. The van der Waals surface area contributed by atoms with Crippen LogP contribution >= 0.6 is 0 Å². The Balaban J connectivity index is 2.44. The number of anilines is 1. The zero-order chi connectivity index (χ0) is 13.3. The number of aryl methyl sites for hydroxylation is 1. The molecule has 3 heteroatoms. The van der Waals surface area contributed by atoms with Gasteiger partial charge in [0.15, 0.2) is 0 Å². The van der Waals surface area contributed by atoms with Gasteiger partial charge in [-0.1, -0.05) is 39.0 Å². The van der Waals surface area contributed by atoms with Gasteiger partial charge in [-0.15, -0.1) is 0 Å². The minimum Gasteiger partial charge on any atom is -0.310 e. The summed E-state index contributed by atoms with van der Waals surface area (Å²) in [5, 5.41) is 3.29. The van der Waals surface area contributed by atoms with Crippen molar-refractivity contribution in [3.05, 3.63) is 29.3 Å².